The summed E-state index contributed by atoms with van der Waals surface area (Å²) in [5.41, 5.74) is 1.09. The summed E-state index contributed by atoms with van der Waals surface area (Å²) in [4.78, 5) is 29.0. The van der Waals surface area contributed by atoms with Crippen LogP contribution in [0.4, 0.5) is 5.69 Å². The number of rotatable bonds is 4. The maximum atomic E-state index is 12.0. The van der Waals surface area contributed by atoms with Crippen LogP contribution in [0.25, 0.3) is 0 Å². The lowest BCUT2D eigenvalue weighted by Crippen LogP contribution is -2.45. The monoisotopic (exact) mass is 307 g/mol. The maximum absolute atomic E-state index is 12.0. The number of aliphatic carboxylic acids is 1. The minimum atomic E-state index is -1.08. The highest BCUT2D eigenvalue weighted by molar-refractivity contribution is 5.95. The van der Waals surface area contributed by atoms with E-state index in [1.165, 1.54) is 6.92 Å². The minimum absolute atomic E-state index is 0.112. The van der Waals surface area contributed by atoms with Gasteiger partial charge < -0.3 is 20.1 Å². The Morgan fingerprint density at radius 3 is 2.64 bits per heavy atom. The molecule has 0 aliphatic carbocycles. The van der Waals surface area contributed by atoms with Gasteiger partial charge in [0.2, 0.25) is 0 Å². The molecule has 7 heteroatoms. The Labute approximate surface area is 129 Å². The van der Waals surface area contributed by atoms with E-state index in [-0.39, 0.29) is 17.9 Å². The molecule has 1 aromatic rings. The predicted octanol–water partition coefficient (Wildman–Crippen LogP) is 0.898. The molecule has 2 heterocycles. The molecule has 3 atom stereocenters. The molecule has 2 N–H and O–H groups in total. The zero-order valence-electron chi connectivity index (χ0n) is 12.9. The Morgan fingerprint density at radius 1 is 1.41 bits per heavy atom. The first-order valence-electron chi connectivity index (χ1n) is 7.27. The number of nitrogens with zero attached hydrogens (tertiary/aromatic N) is 2. The molecule has 1 fully saturated rings. The number of pyridine rings is 1. The Bertz CT molecular complexity index is 553. The van der Waals surface area contributed by atoms with Crippen molar-refractivity contribution in [2.75, 3.05) is 18.0 Å². The normalized spacial score (nSPS) is 23.0. The third-order valence-electron chi connectivity index (χ3n) is 3.48. The third kappa shape index (κ3) is 3.94. The van der Waals surface area contributed by atoms with Crippen molar-refractivity contribution in [2.24, 2.45) is 0 Å². The van der Waals surface area contributed by atoms with Crippen LogP contribution < -0.4 is 10.2 Å². The summed E-state index contributed by atoms with van der Waals surface area (Å²) in [7, 11) is 0. The number of hydrogen-bond donors (Lipinski definition) is 2. The van der Waals surface area contributed by atoms with Crippen molar-refractivity contribution in [1.29, 1.82) is 0 Å². The second kappa shape index (κ2) is 6.74. The first-order valence-corrected chi connectivity index (χ1v) is 7.27. The molecule has 0 bridgehead atoms. The van der Waals surface area contributed by atoms with Crippen molar-refractivity contribution < 1.29 is 19.4 Å². The highest BCUT2D eigenvalue weighted by Crippen LogP contribution is 2.20. The van der Waals surface area contributed by atoms with Crippen molar-refractivity contribution in [1.82, 2.24) is 10.3 Å². The van der Waals surface area contributed by atoms with Crippen LogP contribution in [0.2, 0.25) is 0 Å². The Morgan fingerprint density at radius 2 is 2.05 bits per heavy atom. The van der Waals surface area contributed by atoms with Gasteiger partial charge in [-0.1, -0.05) is 0 Å². The minimum Gasteiger partial charge on any atom is -0.480 e. The van der Waals surface area contributed by atoms with Crippen molar-refractivity contribution in [3.63, 3.8) is 0 Å². The van der Waals surface area contributed by atoms with E-state index in [9.17, 15) is 9.59 Å². The summed E-state index contributed by atoms with van der Waals surface area (Å²) >= 11 is 0. The fraction of sp³-hybridized carbons (Fsp3) is 0.533. The maximum Gasteiger partial charge on any atom is 0.325 e. The van der Waals surface area contributed by atoms with E-state index in [4.69, 9.17) is 9.84 Å². The molecule has 7 nitrogen and oxygen atoms in total. The van der Waals surface area contributed by atoms with Crippen molar-refractivity contribution >= 4 is 17.6 Å². The lowest BCUT2D eigenvalue weighted by molar-refractivity contribution is -0.138. The molecule has 0 spiro atoms. The van der Waals surface area contributed by atoms with Gasteiger partial charge in [0, 0.05) is 25.0 Å². The molecule has 1 saturated heterocycles. The van der Waals surface area contributed by atoms with Gasteiger partial charge in [-0.2, -0.15) is 0 Å². The number of carbonyl (C=O) groups is 2. The topological polar surface area (TPSA) is 91.8 Å². The fourth-order valence-electron chi connectivity index (χ4n) is 2.46. The molecule has 1 aromatic heterocycles. The Hall–Kier alpha value is -2.15. The van der Waals surface area contributed by atoms with Crippen molar-refractivity contribution in [3.8, 4) is 0 Å². The Kier molecular flexibility index (Phi) is 4.97. The van der Waals surface area contributed by atoms with Gasteiger partial charge in [-0.3, -0.25) is 14.6 Å². The quantitative estimate of drug-likeness (QED) is 0.858. The van der Waals surface area contributed by atoms with Crippen LogP contribution in [0.3, 0.4) is 0 Å². The highest BCUT2D eigenvalue weighted by atomic mass is 16.5. The van der Waals surface area contributed by atoms with Gasteiger partial charge in [-0.25, -0.2) is 0 Å². The number of amides is 1. The number of nitrogens with one attached hydrogen (secondary N) is 1. The predicted molar refractivity (Wildman–Crippen MR) is 81.0 cm³/mol. The second-order valence-electron chi connectivity index (χ2n) is 5.59. The summed E-state index contributed by atoms with van der Waals surface area (Å²) < 4.78 is 5.69. The number of carbonyl (C=O) groups excluding carboxylic acids is 1. The number of carboxylic acid groups (broad SMARTS) is 1. The number of morpholine rings is 1. The molecule has 2 unspecified atom stereocenters. The van der Waals surface area contributed by atoms with Gasteiger partial charge in [0.25, 0.3) is 5.91 Å². The van der Waals surface area contributed by atoms with Crippen LogP contribution in [-0.4, -0.2) is 53.3 Å². The summed E-state index contributed by atoms with van der Waals surface area (Å²) in [5, 5.41) is 11.2. The van der Waals surface area contributed by atoms with Gasteiger partial charge in [0.1, 0.15) is 11.7 Å². The largest absolute Gasteiger partial charge is 0.480 e. The van der Waals surface area contributed by atoms with Crippen LogP contribution >= 0.6 is 0 Å². The van der Waals surface area contributed by atoms with Gasteiger partial charge in [-0.15, -0.1) is 0 Å². The van der Waals surface area contributed by atoms with Crippen LogP contribution in [0.1, 0.15) is 31.3 Å². The molecule has 22 heavy (non-hydrogen) atoms. The smallest absolute Gasteiger partial charge is 0.325 e. The average Bonchev–Trinajstić information content (AvgIpc) is 2.46. The number of hydrogen-bond acceptors (Lipinski definition) is 5. The first-order chi connectivity index (χ1) is 10.4. The lowest BCUT2D eigenvalue weighted by Gasteiger charge is -2.36. The van der Waals surface area contributed by atoms with E-state index in [1.807, 2.05) is 19.9 Å². The standard InChI is InChI=1S/C15H21N3O4/c1-9-7-18(8-10(2)22-9)12-4-5-16-13(6-12)14(19)17-11(3)15(20)21/h4-6,9-11H,7-8H2,1-3H3,(H,17,19)(H,20,21)/t9?,10?,11-/m0/s1. The SMILES string of the molecule is CC1CN(c2ccnc(C(=O)N[C@@H](C)C(=O)O)c2)CC(C)O1. The molecular formula is C15H21N3O4. The Balaban J connectivity index is 2.12. The van der Waals surface area contributed by atoms with Crippen LogP contribution in [0, 0.1) is 0 Å². The molecule has 1 aliphatic rings. The van der Waals surface area contributed by atoms with Crippen LogP contribution in [0.15, 0.2) is 18.3 Å². The number of aromatic nitrogens is 1. The fourth-order valence-corrected chi connectivity index (χ4v) is 2.46. The number of anilines is 1. The zero-order chi connectivity index (χ0) is 16.3. The molecule has 1 amide bonds. The molecule has 0 saturated carbocycles. The first kappa shape index (κ1) is 16.2. The third-order valence-corrected chi connectivity index (χ3v) is 3.48. The van der Waals surface area contributed by atoms with Crippen LogP contribution in [0.5, 0.6) is 0 Å². The molecular weight excluding hydrogens is 286 g/mol. The van der Waals surface area contributed by atoms with E-state index in [1.54, 1.807) is 12.3 Å². The van der Waals surface area contributed by atoms with Gasteiger partial charge in [-0.05, 0) is 32.9 Å². The molecule has 0 radical (unpaired) electrons. The lowest BCUT2D eigenvalue weighted by atomic mass is 10.2. The summed E-state index contributed by atoms with van der Waals surface area (Å²) in [6, 6.07) is 2.55. The van der Waals surface area contributed by atoms with E-state index in [0.717, 1.165) is 18.8 Å². The molecule has 120 valence electrons. The number of carboxylic acids is 1. The highest BCUT2D eigenvalue weighted by Gasteiger charge is 2.23. The molecule has 2 rings (SSSR count). The second-order valence-corrected chi connectivity index (χ2v) is 5.59. The van der Waals surface area contributed by atoms with E-state index < -0.39 is 17.9 Å². The van der Waals surface area contributed by atoms with Gasteiger partial charge in [0.15, 0.2) is 0 Å². The summed E-state index contributed by atoms with van der Waals surface area (Å²) in [6.07, 6.45) is 1.78. The zero-order valence-corrected chi connectivity index (χ0v) is 12.9. The summed E-state index contributed by atoms with van der Waals surface area (Å²) in [6.45, 7) is 6.90. The van der Waals surface area contributed by atoms with Crippen LogP contribution in [-0.2, 0) is 9.53 Å². The molecule has 1 aliphatic heterocycles. The van der Waals surface area contributed by atoms with E-state index >= 15 is 0 Å². The summed E-state index contributed by atoms with van der Waals surface area (Å²) in [5.74, 6) is -1.58. The average molecular weight is 307 g/mol. The number of ether oxygens (including phenoxy) is 1. The molecule has 0 aromatic carbocycles. The van der Waals surface area contributed by atoms with E-state index in [2.05, 4.69) is 15.2 Å². The van der Waals surface area contributed by atoms with Crippen molar-refractivity contribution in [2.45, 2.75) is 39.0 Å². The van der Waals surface area contributed by atoms with Crippen molar-refractivity contribution in [3.05, 3.63) is 24.0 Å². The van der Waals surface area contributed by atoms with Gasteiger partial charge >= 0.3 is 5.97 Å². The van der Waals surface area contributed by atoms with Gasteiger partial charge in [0.05, 0.1) is 12.2 Å². The van der Waals surface area contributed by atoms with E-state index in [0.29, 0.717) is 0 Å².